The van der Waals surface area contributed by atoms with Crippen LogP contribution in [0.3, 0.4) is 0 Å². The third-order valence-corrected chi connectivity index (χ3v) is 4.02. The molecule has 0 radical (unpaired) electrons. The van der Waals surface area contributed by atoms with E-state index in [1.165, 1.54) is 6.26 Å². The molecule has 0 bridgehead atoms. The molecule has 0 aliphatic carbocycles. The van der Waals surface area contributed by atoms with Crippen molar-refractivity contribution in [1.29, 1.82) is 0 Å². The van der Waals surface area contributed by atoms with Crippen molar-refractivity contribution >= 4 is 15.7 Å². The Morgan fingerprint density at radius 2 is 1.77 bits per heavy atom. The van der Waals surface area contributed by atoms with E-state index < -0.39 is 9.84 Å². The van der Waals surface area contributed by atoms with Crippen molar-refractivity contribution in [3.05, 3.63) is 59.0 Å². The monoisotopic (exact) mass is 321 g/mol. The van der Waals surface area contributed by atoms with Gasteiger partial charge in [-0.15, -0.1) is 0 Å². The predicted octanol–water partition coefficient (Wildman–Crippen LogP) is 2.40. The Morgan fingerprint density at radius 1 is 1.14 bits per heavy atom. The molecule has 0 unspecified atom stereocenters. The summed E-state index contributed by atoms with van der Waals surface area (Å²) in [5, 5.41) is 0. The van der Waals surface area contributed by atoms with E-state index in [1.807, 2.05) is 19.1 Å². The van der Waals surface area contributed by atoms with Crippen molar-refractivity contribution < 1.29 is 17.6 Å². The standard InChI is InChI=1S/C16H19NO4S/c1-12-4-9-15(21-12)10-17(2)16(18)14-7-5-13(6-8-14)11-22(3,19)20/h4-9H,10-11H2,1-3H3. The molecule has 1 aromatic carbocycles. The van der Waals surface area contributed by atoms with Crippen molar-refractivity contribution in [1.82, 2.24) is 4.90 Å². The molecular formula is C16H19NO4S. The van der Waals surface area contributed by atoms with Crippen LogP contribution in [0.1, 0.15) is 27.4 Å². The first-order valence-corrected chi connectivity index (χ1v) is 8.88. The van der Waals surface area contributed by atoms with Crippen molar-refractivity contribution in [2.75, 3.05) is 13.3 Å². The second-order valence-electron chi connectivity index (χ2n) is 5.44. The molecule has 2 aromatic rings. The first-order valence-electron chi connectivity index (χ1n) is 6.82. The van der Waals surface area contributed by atoms with Gasteiger partial charge < -0.3 is 9.32 Å². The number of nitrogens with zero attached hydrogens (tertiary/aromatic N) is 1. The summed E-state index contributed by atoms with van der Waals surface area (Å²) >= 11 is 0. The van der Waals surface area contributed by atoms with Gasteiger partial charge in [-0.1, -0.05) is 12.1 Å². The fraction of sp³-hybridized carbons (Fsp3) is 0.312. The summed E-state index contributed by atoms with van der Waals surface area (Å²) in [4.78, 5) is 13.9. The average molecular weight is 321 g/mol. The summed E-state index contributed by atoms with van der Waals surface area (Å²) in [5.41, 5.74) is 1.19. The molecule has 6 heteroatoms. The van der Waals surface area contributed by atoms with Gasteiger partial charge in [0.05, 0.1) is 12.3 Å². The molecule has 0 aliphatic rings. The first kappa shape index (κ1) is 16.3. The van der Waals surface area contributed by atoms with E-state index >= 15 is 0 Å². The second kappa shape index (κ2) is 6.36. The van der Waals surface area contributed by atoms with Gasteiger partial charge in [0.1, 0.15) is 11.5 Å². The van der Waals surface area contributed by atoms with Gasteiger partial charge in [-0.05, 0) is 36.8 Å². The summed E-state index contributed by atoms with van der Waals surface area (Å²) in [6.07, 6.45) is 1.19. The van der Waals surface area contributed by atoms with Gasteiger partial charge in [-0.3, -0.25) is 4.79 Å². The lowest BCUT2D eigenvalue weighted by atomic mass is 10.1. The average Bonchev–Trinajstić information content (AvgIpc) is 2.82. The Balaban J connectivity index is 2.05. The van der Waals surface area contributed by atoms with Crippen LogP contribution in [0.25, 0.3) is 0 Å². The van der Waals surface area contributed by atoms with Crippen molar-refractivity contribution in [3.8, 4) is 0 Å². The summed E-state index contributed by atoms with van der Waals surface area (Å²) < 4.78 is 27.9. The molecular weight excluding hydrogens is 302 g/mol. The Labute approximate surface area is 130 Å². The Bertz CT molecular complexity index is 760. The van der Waals surface area contributed by atoms with Gasteiger partial charge in [0.25, 0.3) is 5.91 Å². The lowest BCUT2D eigenvalue weighted by Gasteiger charge is -2.16. The molecule has 1 aromatic heterocycles. The number of benzene rings is 1. The third kappa shape index (κ3) is 4.46. The van der Waals surface area contributed by atoms with Crippen molar-refractivity contribution in [2.45, 2.75) is 19.2 Å². The number of hydrogen-bond acceptors (Lipinski definition) is 4. The zero-order valence-corrected chi connectivity index (χ0v) is 13.7. The topological polar surface area (TPSA) is 67.6 Å². The van der Waals surface area contributed by atoms with Crippen LogP contribution in [-0.4, -0.2) is 32.5 Å². The maximum absolute atomic E-state index is 12.3. The Kier molecular flexibility index (Phi) is 4.71. The lowest BCUT2D eigenvalue weighted by Crippen LogP contribution is -2.26. The van der Waals surface area contributed by atoms with Crippen molar-refractivity contribution in [2.24, 2.45) is 0 Å². The molecule has 5 nitrogen and oxygen atoms in total. The quantitative estimate of drug-likeness (QED) is 0.848. The normalized spacial score (nSPS) is 11.4. The van der Waals surface area contributed by atoms with Gasteiger partial charge in [-0.25, -0.2) is 8.42 Å². The van der Waals surface area contributed by atoms with Crippen LogP contribution in [-0.2, 0) is 22.1 Å². The van der Waals surface area contributed by atoms with Crippen LogP contribution in [0.2, 0.25) is 0 Å². The number of sulfone groups is 1. The van der Waals surface area contributed by atoms with E-state index in [1.54, 1.807) is 36.2 Å². The van der Waals surface area contributed by atoms with E-state index in [4.69, 9.17) is 4.42 Å². The molecule has 0 atom stereocenters. The van der Waals surface area contributed by atoms with E-state index in [0.717, 1.165) is 11.5 Å². The zero-order valence-electron chi connectivity index (χ0n) is 12.9. The molecule has 0 saturated carbocycles. The molecule has 22 heavy (non-hydrogen) atoms. The third-order valence-electron chi connectivity index (χ3n) is 3.17. The van der Waals surface area contributed by atoms with E-state index in [9.17, 15) is 13.2 Å². The second-order valence-corrected chi connectivity index (χ2v) is 7.58. The van der Waals surface area contributed by atoms with Crippen LogP contribution in [0, 0.1) is 6.92 Å². The van der Waals surface area contributed by atoms with Gasteiger partial charge >= 0.3 is 0 Å². The highest BCUT2D eigenvalue weighted by molar-refractivity contribution is 7.89. The lowest BCUT2D eigenvalue weighted by molar-refractivity contribution is 0.0775. The molecule has 0 saturated heterocycles. The SMILES string of the molecule is Cc1ccc(CN(C)C(=O)c2ccc(CS(C)(=O)=O)cc2)o1. The van der Waals surface area contributed by atoms with Gasteiger partial charge in [0.2, 0.25) is 0 Å². The zero-order chi connectivity index (χ0) is 16.3. The first-order chi connectivity index (χ1) is 10.2. The summed E-state index contributed by atoms with van der Waals surface area (Å²) in [5.74, 6) is 1.37. The highest BCUT2D eigenvalue weighted by Crippen LogP contribution is 2.13. The maximum Gasteiger partial charge on any atom is 0.254 e. The molecule has 0 spiro atoms. The summed E-state index contributed by atoms with van der Waals surface area (Å²) in [7, 11) is -1.37. The fourth-order valence-electron chi connectivity index (χ4n) is 2.14. The van der Waals surface area contributed by atoms with E-state index in [0.29, 0.717) is 17.7 Å². The molecule has 0 fully saturated rings. The highest BCUT2D eigenvalue weighted by Gasteiger charge is 2.14. The summed E-state index contributed by atoms with van der Waals surface area (Å²) in [6.45, 7) is 2.24. The molecule has 0 aliphatic heterocycles. The number of aryl methyl sites for hydroxylation is 1. The molecule has 2 rings (SSSR count). The molecule has 118 valence electrons. The largest absolute Gasteiger partial charge is 0.464 e. The number of rotatable bonds is 5. The molecule has 1 amide bonds. The number of carbonyl (C=O) groups excluding carboxylic acids is 1. The highest BCUT2D eigenvalue weighted by atomic mass is 32.2. The Hall–Kier alpha value is -2.08. The number of furan rings is 1. The fourth-order valence-corrected chi connectivity index (χ4v) is 2.94. The van der Waals surface area contributed by atoms with E-state index in [-0.39, 0.29) is 11.7 Å². The molecule has 0 N–H and O–H groups in total. The minimum atomic E-state index is -3.07. The number of carbonyl (C=O) groups is 1. The number of amides is 1. The van der Waals surface area contributed by atoms with Crippen LogP contribution in [0.5, 0.6) is 0 Å². The van der Waals surface area contributed by atoms with Gasteiger partial charge in [0, 0.05) is 18.9 Å². The van der Waals surface area contributed by atoms with Crippen molar-refractivity contribution in [3.63, 3.8) is 0 Å². The Morgan fingerprint density at radius 3 is 2.27 bits per heavy atom. The van der Waals surface area contributed by atoms with Crippen LogP contribution in [0.4, 0.5) is 0 Å². The molecule has 1 heterocycles. The maximum atomic E-state index is 12.3. The van der Waals surface area contributed by atoms with Crippen LogP contribution < -0.4 is 0 Å². The van der Waals surface area contributed by atoms with E-state index in [2.05, 4.69) is 0 Å². The minimum Gasteiger partial charge on any atom is -0.464 e. The smallest absolute Gasteiger partial charge is 0.254 e. The van der Waals surface area contributed by atoms with Gasteiger partial charge in [0.15, 0.2) is 9.84 Å². The van der Waals surface area contributed by atoms with Crippen LogP contribution >= 0.6 is 0 Å². The van der Waals surface area contributed by atoms with Gasteiger partial charge in [-0.2, -0.15) is 0 Å². The number of hydrogen-bond donors (Lipinski definition) is 0. The minimum absolute atomic E-state index is 0.0248. The summed E-state index contributed by atoms with van der Waals surface area (Å²) in [6, 6.07) is 10.3. The predicted molar refractivity (Wildman–Crippen MR) is 84.2 cm³/mol. The van der Waals surface area contributed by atoms with Crippen LogP contribution in [0.15, 0.2) is 40.8 Å².